The average molecular weight is 1600 g/mol. The molecule has 0 aliphatic rings. The van der Waals surface area contributed by atoms with Crippen molar-refractivity contribution in [1.82, 2.24) is 0 Å². The van der Waals surface area contributed by atoms with Gasteiger partial charge < -0.3 is 28.1 Å². The van der Waals surface area contributed by atoms with Crippen LogP contribution in [0.15, 0.2) is 437 Å². The Morgan fingerprint density at radius 2 is 0.524 bits per heavy atom. The van der Waals surface area contributed by atoms with Gasteiger partial charge in [0.1, 0.15) is 6.15 Å². The number of carbonyl (C=O) groups excluding carboxylic acids is 2. The molecular formula is C92H83BClO5OsP3. The van der Waals surface area contributed by atoms with Crippen LogP contribution in [0.3, 0.4) is 0 Å². The number of hydrogen-bond acceptors (Lipinski definition) is 3. The first-order valence-corrected chi connectivity index (χ1v) is 38.1. The van der Waals surface area contributed by atoms with E-state index in [9.17, 15) is 9.59 Å². The number of benzene rings is 14. The van der Waals surface area contributed by atoms with Gasteiger partial charge in [0, 0.05) is 12.0 Å². The third kappa shape index (κ3) is 20.4. The zero-order valence-electron chi connectivity index (χ0n) is 57.4. The third-order valence-corrected chi connectivity index (χ3v) is 26.4. The number of ketones is 1. The van der Waals surface area contributed by atoms with Gasteiger partial charge in [-0.15, -0.1) is 0 Å². The van der Waals surface area contributed by atoms with Gasteiger partial charge in [-0.2, -0.15) is 21.9 Å². The molecule has 0 radical (unpaired) electrons. The van der Waals surface area contributed by atoms with E-state index in [-0.39, 0.29) is 67.9 Å². The molecule has 14 aromatic carbocycles. The van der Waals surface area contributed by atoms with Gasteiger partial charge in [-0.05, 0) is 77.4 Å². The Labute approximate surface area is 630 Å². The summed E-state index contributed by atoms with van der Waals surface area (Å²) in [4.78, 5) is 26.5. The maximum absolute atomic E-state index is 13.7. The summed E-state index contributed by atoms with van der Waals surface area (Å²) < 4.78 is 5.63. The molecule has 5 nitrogen and oxygen atoms in total. The zero-order chi connectivity index (χ0) is 68.0. The van der Waals surface area contributed by atoms with Crippen molar-refractivity contribution in [2.45, 2.75) is 13.3 Å². The van der Waals surface area contributed by atoms with E-state index >= 15 is 0 Å². The largest absolute Gasteiger partial charge is 2.00 e. The number of allylic oxidation sites excluding steroid dienone is 1. The smallest absolute Gasteiger partial charge is 1.00 e. The fourth-order valence-corrected chi connectivity index (χ4v) is 21.7. The van der Waals surface area contributed by atoms with Crippen LogP contribution in [-0.2, 0) is 29.3 Å². The van der Waals surface area contributed by atoms with Gasteiger partial charge >= 0.3 is 25.8 Å². The fourth-order valence-electron chi connectivity index (χ4n) is 12.8. The number of hydrogen-bond donors (Lipinski definition) is 0. The van der Waals surface area contributed by atoms with E-state index in [1.807, 2.05) is 85.8 Å². The van der Waals surface area contributed by atoms with E-state index in [1.54, 1.807) is 18.2 Å². The molecule has 0 amide bonds. The second-order valence-corrected chi connectivity index (χ2v) is 31.2. The summed E-state index contributed by atoms with van der Waals surface area (Å²) >= 11 is 0. The summed E-state index contributed by atoms with van der Waals surface area (Å²) in [5, 5.41) is 12.1. The van der Waals surface area contributed by atoms with Gasteiger partial charge in [0.05, 0.1) is 11.9 Å². The van der Waals surface area contributed by atoms with E-state index in [1.165, 1.54) is 53.7 Å². The maximum atomic E-state index is 13.7. The molecule has 0 heterocycles. The Morgan fingerprint density at radius 3 is 0.748 bits per heavy atom. The van der Waals surface area contributed by atoms with Gasteiger partial charge in [0.2, 0.25) is 0 Å². The fraction of sp³-hybridized carbons (Fsp3) is 0.0326. The molecule has 14 aromatic rings. The SMILES string of the molecule is CCOC(=O)C(/C=C\CC(=O)c1ccccc1)=P(c1ccccc1)(c1ccccc1)c1ccccc1.O.O.[Cl-].[Os+2].c1ccc(P(c2ccccc2)c2ccccc2)cc1.c1ccc(P(c2ccccc2)c2ccccc2)cc1.c1ccc([B-](c2ccccc2)(c2ccccc2)c2ccccc2)cc1. The van der Waals surface area contributed by atoms with Crippen molar-refractivity contribution in [1.29, 1.82) is 0 Å². The molecule has 0 aromatic heterocycles. The first-order chi connectivity index (χ1) is 49.0. The van der Waals surface area contributed by atoms with Gasteiger partial charge in [0.15, 0.2) is 5.78 Å². The van der Waals surface area contributed by atoms with Crippen LogP contribution < -0.4 is 82.0 Å². The summed E-state index contributed by atoms with van der Waals surface area (Å²) in [6, 6.07) is 148. The van der Waals surface area contributed by atoms with Crippen LogP contribution in [0.5, 0.6) is 0 Å². The second-order valence-electron chi connectivity index (χ2n) is 23.4. The van der Waals surface area contributed by atoms with Gasteiger partial charge in [0.25, 0.3) is 0 Å². The Bertz CT molecular complexity index is 4200. The van der Waals surface area contributed by atoms with Gasteiger partial charge in [-0.25, -0.2) is 4.79 Å². The minimum Gasteiger partial charge on any atom is -1.00 e. The maximum Gasteiger partial charge on any atom is 2.00 e. The molecule has 514 valence electrons. The first kappa shape index (κ1) is 80.3. The molecule has 14 rings (SSSR count). The molecule has 0 spiro atoms. The Balaban J connectivity index is 0.000000196. The molecule has 0 bridgehead atoms. The van der Waals surface area contributed by atoms with E-state index < -0.39 is 28.9 Å². The molecular weight excluding hydrogens is 1510 g/mol. The van der Waals surface area contributed by atoms with Crippen LogP contribution in [0.25, 0.3) is 0 Å². The molecule has 0 atom stereocenters. The van der Waals surface area contributed by atoms with Crippen molar-refractivity contribution >= 4 is 116 Å². The summed E-state index contributed by atoms with van der Waals surface area (Å²) in [5.41, 5.74) is 6.00. The van der Waals surface area contributed by atoms with Crippen molar-refractivity contribution in [2.75, 3.05) is 6.61 Å². The van der Waals surface area contributed by atoms with Crippen molar-refractivity contribution < 1.29 is 57.5 Å². The minimum atomic E-state index is -2.64. The minimum absolute atomic E-state index is 0. The predicted octanol–water partition coefficient (Wildman–Crippen LogP) is 10.9. The number of ether oxygens (including phenoxy) is 1. The molecule has 11 heteroatoms. The summed E-state index contributed by atoms with van der Waals surface area (Å²) in [6.07, 6.45) is 2.59. The number of halogens is 1. The molecule has 0 saturated carbocycles. The monoisotopic (exact) mass is 1600 g/mol. The van der Waals surface area contributed by atoms with E-state index in [0.717, 1.165) is 15.9 Å². The van der Waals surface area contributed by atoms with Crippen molar-refractivity contribution in [3.63, 3.8) is 0 Å². The summed E-state index contributed by atoms with van der Waals surface area (Å²) in [6.45, 7) is -0.564. The second kappa shape index (κ2) is 42.5. The number of rotatable bonds is 19. The normalized spacial score (nSPS) is 10.6. The van der Waals surface area contributed by atoms with E-state index in [0.29, 0.717) is 10.9 Å². The molecule has 103 heavy (non-hydrogen) atoms. The number of carbonyl (C=O) groups is 2. The van der Waals surface area contributed by atoms with Crippen LogP contribution in [0.2, 0.25) is 0 Å². The van der Waals surface area contributed by atoms with Crippen molar-refractivity contribution in [3.05, 3.63) is 442 Å². The molecule has 0 saturated heterocycles. The molecule has 0 aliphatic carbocycles. The van der Waals surface area contributed by atoms with Gasteiger partial charge in [-0.1, -0.05) is 437 Å². The Kier molecular flexibility index (Phi) is 33.1. The predicted molar refractivity (Wildman–Crippen MR) is 439 cm³/mol. The van der Waals surface area contributed by atoms with Crippen LogP contribution in [-0.4, -0.2) is 40.8 Å². The summed E-state index contributed by atoms with van der Waals surface area (Å²) in [5.74, 6) is -0.371. The van der Waals surface area contributed by atoms with Crippen molar-refractivity contribution in [3.8, 4) is 0 Å². The molecule has 0 unspecified atom stereocenters. The topological polar surface area (TPSA) is 106 Å². The zero-order valence-corrected chi connectivity index (χ0v) is 63.3. The van der Waals surface area contributed by atoms with E-state index in [2.05, 4.69) is 340 Å². The third-order valence-electron chi connectivity index (χ3n) is 17.2. The Morgan fingerprint density at radius 1 is 0.320 bits per heavy atom. The van der Waals surface area contributed by atoms with Crippen LogP contribution >= 0.6 is 22.7 Å². The standard InChI is InChI=1S/C32H29O3P.C24H20B.2C18H15P.ClH.2H2O.Os/c1-2-35-32(34)31(25-15-24-30(33)26-16-7-3-8-17-26)36(27-18-9-4-10-19-27,28-20-11-5-12-21-28)29-22-13-6-14-23-29;1-5-13-21(14-6-1)25(22-15-7-2-8-16-22,23-17-9-3-10-18-23)24-19-11-4-12-20-24;2*1-4-10-16(11-5-1)19(17-12-6-2-7-13-17)18-14-8-3-9-15-18;;;;/h3-23,25H,2,24H2,1H3;1-20H;2*1-15H;1H;2*1H2;/q;-1;;;;;;+2/p-1/b25-15-;;;;;;;. The van der Waals surface area contributed by atoms with Crippen LogP contribution in [0.1, 0.15) is 23.7 Å². The number of esters is 1. The van der Waals surface area contributed by atoms with E-state index in [4.69, 9.17) is 4.74 Å². The quantitative estimate of drug-likeness (QED) is 0.0348. The van der Waals surface area contributed by atoms with Crippen molar-refractivity contribution in [2.24, 2.45) is 0 Å². The number of Topliss-reactive ketones (excluding diaryl/α,β-unsaturated/α-hetero) is 1. The average Bonchev–Trinajstić information content (AvgIpc) is 0.743. The molecule has 0 fully saturated rings. The summed E-state index contributed by atoms with van der Waals surface area (Å²) in [7, 11) is -0.892. The van der Waals surface area contributed by atoms with Gasteiger partial charge in [-0.3, -0.25) is 4.79 Å². The Hall–Kier alpha value is -9.97. The first-order valence-electron chi connectivity index (χ1n) is 33.6. The van der Waals surface area contributed by atoms with Crippen LogP contribution in [0.4, 0.5) is 0 Å². The molecule has 4 N–H and O–H groups in total. The molecule has 0 aliphatic heterocycles. The van der Waals surface area contributed by atoms with Crippen LogP contribution in [0, 0.1) is 0 Å².